The predicted molar refractivity (Wildman–Crippen MR) is 67.2 cm³/mol. The Kier molecular flexibility index (Phi) is 4.04. The Hall–Kier alpha value is -0.470. The van der Waals surface area contributed by atoms with E-state index in [1.165, 1.54) is 6.07 Å². The molecule has 0 amide bonds. The number of alkyl halides is 4. The van der Waals surface area contributed by atoms with Crippen molar-refractivity contribution in [1.82, 2.24) is 4.98 Å². The fourth-order valence-corrected chi connectivity index (χ4v) is 5.99. The Balaban J connectivity index is 2.09. The van der Waals surface area contributed by atoms with Crippen LogP contribution in [0.1, 0.15) is 5.56 Å². The van der Waals surface area contributed by atoms with Gasteiger partial charge in [-0.15, -0.1) is 23.4 Å². The highest BCUT2D eigenvalue weighted by molar-refractivity contribution is 8.02. The molecule has 2 unspecified atom stereocenters. The lowest BCUT2D eigenvalue weighted by atomic mass is 10.3. The van der Waals surface area contributed by atoms with E-state index in [0.717, 1.165) is 24.0 Å². The summed E-state index contributed by atoms with van der Waals surface area (Å²) in [5.41, 5.74) is -0.835. The van der Waals surface area contributed by atoms with Gasteiger partial charge in [0, 0.05) is 11.4 Å². The van der Waals surface area contributed by atoms with Crippen molar-refractivity contribution in [2.24, 2.45) is 0 Å². The molecule has 2 atom stereocenters. The zero-order chi connectivity index (χ0) is 14.3. The van der Waals surface area contributed by atoms with Gasteiger partial charge in [0.05, 0.1) is 27.5 Å². The zero-order valence-corrected chi connectivity index (χ0v) is 11.8. The van der Waals surface area contributed by atoms with E-state index in [9.17, 15) is 21.6 Å². The second-order valence-corrected chi connectivity index (χ2v) is 8.11. The third kappa shape index (κ3) is 3.76. The van der Waals surface area contributed by atoms with Crippen molar-refractivity contribution in [1.29, 1.82) is 0 Å². The maximum Gasteiger partial charge on any atom is 0.417 e. The summed E-state index contributed by atoms with van der Waals surface area (Å²) in [4.78, 5) is 3.68. The molecular weight excluding hydrogens is 323 g/mol. The lowest BCUT2D eigenvalue weighted by Crippen LogP contribution is -2.14. The van der Waals surface area contributed by atoms with Crippen LogP contribution < -0.4 is 0 Å². The largest absolute Gasteiger partial charge is 0.417 e. The van der Waals surface area contributed by atoms with Crippen LogP contribution in [0.5, 0.6) is 0 Å². The number of sulfone groups is 1. The molecule has 1 fully saturated rings. The third-order valence-corrected chi connectivity index (χ3v) is 6.59. The lowest BCUT2D eigenvalue weighted by Gasteiger charge is -2.11. The number of hydrogen-bond acceptors (Lipinski definition) is 4. The summed E-state index contributed by atoms with van der Waals surface area (Å²) in [6.45, 7) is 0. The Labute approximate surface area is 117 Å². The molecule has 1 aliphatic heterocycles. The summed E-state index contributed by atoms with van der Waals surface area (Å²) < 4.78 is 59.7. The standard InChI is InChI=1S/C10H9ClF3NO2S2/c11-7-4-19(16,17)5-8(7)18-9-2-1-6(3-15-9)10(12,13)14/h1-3,7-8H,4-5H2. The first-order valence-electron chi connectivity index (χ1n) is 5.22. The normalized spacial score (nSPS) is 26.5. The van der Waals surface area contributed by atoms with Crippen molar-refractivity contribution in [3.05, 3.63) is 23.9 Å². The molecular formula is C10H9ClF3NO2S2. The van der Waals surface area contributed by atoms with Crippen LogP contribution in [0, 0.1) is 0 Å². The van der Waals surface area contributed by atoms with Gasteiger partial charge in [-0.05, 0) is 12.1 Å². The molecule has 19 heavy (non-hydrogen) atoms. The summed E-state index contributed by atoms with van der Waals surface area (Å²) in [5.74, 6) is -0.179. The zero-order valence-electron chi connectivity index (χ0n) is 9.39. The highest BCUT2D eigenvalue weighted by Gasteiger charge is 2.37. The average Bonchev–Trinajstić information content (AvgIpc) is 2.51. The van der Waals surface area contributed by atoms with Crippen LogP contribution >= 0.6 is 23.4 Å². The molecule has 1 aliphatic rings. The Bertz CT molecular complexity index is 559. The van der Waals surface area contributed by atoms with E-state index in [2.05, 4.69) is 4.98 Å². The molecule has 0 bridgehead atoms. The minimum atomic E-state index is -4.43. The van der Waals surface area contributed by atoms with Crippen LogP contribution in [0.2, 0.25) is 0 Å². The molecule has 9 heteroatoms. The lowest BCUT2D eigenvalue weighted by molar-refractivity contribution is -0.137. The summed E-state index contributed by atoms with van der Waals surface area (Å²) in [6.07, 6.45) is -3.70. The highest BCUT2D eigenvalue weighted by atomic mass is 35.5. The Morgan fingerprint density at radius 1 is 1.32 bits per heavy atom. The minimum Gasteiger partial charge on any atom is -0.249 e. The first-order chi connectivity index (χ1) is 8.67. The molecule has 1 saturated heterocycles. The van der Waals surface area contributed by atoms with Crippen LogP contribution in [0.4, 0.5) is 13.2 Å². The van der Waals surface area contributed by atoms with Gasteiger partial charge in [-0.1, -0.05) is 0 Å². The second-order valence-electron chi connectivity index (χ2n) is 4.13. The molecule has 106 valence electrons. The molecule has 0 spiro atoms. The van der Waals surface area contributed by atoms with Gasteiger partial charge in [-0.3, -0.25) is 0 Å². The van der Waals surface area contributed by atoms with Gasteiger partial charge in [0.15, 0.2) is 9.84 Å². The van der Waals surface area contributed by atoms with E-state index < -0.39 is 27.0 Å². The minimum absolute atomic E-state index is 0.0749. The van der Waals surface area contributed by atoms with E-state index in [4.69, 9.17) is 11.6 Å². The van der Waals surface area contributed by atoms with Gasteiger partial charge in [-0.2, -0.15) is 13.2 Å². The summed E-state index contributed by atoms with van der Waals surface area (Å²) >= 11 is 7.00. The summed E-state index contributed by atoms with van der Waals surface area (Å²) in [7, 11) is -3.16. The molecule has 0 saturated carbocycles. The van der Waals surface area contributed by atoms with Gasteiger partial charge >= 0.3 is 6.18 Å². The van der Waals surface area contributed by atoms with Gasteiger partial charge in [0.25, 0.3) is 0 Å². The van der Waals surface area contributed by atoms with Gasteiger partial charge in [0.1, 0.15) is 0 Å². The number of halogens is 4. The highest BCUT2D eigenvalue weighted by Crippen LogP contribution is 2.34. The van der Waals surface area contributed by atoms with Crippen LogP contribution in [0.15, 0.2) is 23.4 Å². The van der Waals surface area contributed by atoms with Crippen LogP contribution in [-0.4, -0.2) is 35.5 Å². The average molecular weight is 332 g/mol. The van der Waals surface area contributed by atoms with Crippen LogP contribution in [0.3, 0.4) is 0 Å². The van der Waals surface area contributed by atoms with Crippen molar-refractivity contribution in [2.45, 2.75) is 21.8 Å². The first-order valence-corrected chi connectivity index (χ1v) is 8.35. The Morgan fingerprint density at radius 2 is 2.00 bits per heavy atom. The van der Waals surface area contributed by atoms with E-state index >= 15 is 0 Å². The van der Waals surface area contributed by atoms with Crippen molar-refractivity contribution >= 4 is 33.2 Å². The van der Waals surface area contributed by atoms with E-state index in [1.54, 1.807) is 0 Å². The SMILES string of the molecule is O=S1(=O)CC(Cl)C(Sc2ccc(C(F)(F)F)cn2)C1. The smallest absolute Gasteiger partial charge is 0.249 e. The van der Waals surface area contributed by atoms with Gasteiger partial charge in [-0.25, -0.2) is 13.4 Å². The molecule has 2 heterocycles. The molecule has 0 aliphatic carbocycles. The fraction of sp³-hybridized carbons (Fsp3) is 0.500. The third-order valence-electron chi connectivity index (χ3n) is 2.57. The fourth-order valence-electron chi connectivity index (χ4n) is 1.65. The maximum atomic E-state index is 12.3. The predicted octanol–water partition coefficient (Wildman–Crippen LogP) is 2.60. The van der Waals surface area contributed by atoms with Crippen LogP contribution in [0.25, 0.3) is 0 Å². The quantitative estimate of drug-likeness (QED) is 0.782. The topological polar surface area (TPSA) is 47.0 Å². The molecule has 0 aromatic carbocycles. The van der Waals surface area contributed by atoms with E-state index in [1.807, 2.05) is 0 Å². The molecule has 1 aromatic heterocycles. The summed E-state index contributed by atoms with van der Waals surface area (Å²) in [6, 6.07) is 2.14. The molecule has 0 radical (unpaired) electrons. The number of hydrogen-bond donors (Lipinski definition) is 0. The van der Waals surface area contributed by atoms with Gasteiger partial charge in [0.2, 0.25) is 0 Å². The Morgan fingerprint density at radius 3 is 2.42 bits per heavy atom. The van der Waals surface area contributed by atoms with E-state index in [0.29, 0.717) is 5.03 Å². The number of thioether (sulfide) groups is 1. The summed E-state index contributed by atoms with van der Waals surface area (Å²) in [5, 5.41) is -0.587. The van der Waals surface area contributed by atoms with Crippen molar-refractivity contribution < 1.29 is 21.6 Å². The first kappa shape index (κ1) is 14.9. The molecule has 1 aromatic rings. The second kappa shape index (κ2) is 5.14. The number of aromatic nitrogens is 1. The van der Waals surface area contributed by atoms with Crippen molar-refractivity contribution in [2.75, 3.05) is 11.5 Å². The van der Waals surface area contributed by atoms with Crippen molar-refractivity contribution in [3.8, 4) is 0 Å². The molecule has 2 rings (SSSR count). The number of pyridine rings is 1. The molecule has 0 N–H and O–H groups in total. The number of rotatable bonds is 2. The maximum absolute atomic E-state index is 12.3. The molecule has 3 nitrogen and oxygen atoms in total. The van der Waals surface area contributed by atoms with Crippen LogP contribution in [-0.2, 0) is 16.0 Å². The van der Waals surface area contributed by atoms with E-state index in [-0.39, 0.29) is 16.8 Å². The van der Waals surface area contributed by atoms with Gasteiger partial charge < -0.3 is 0 Å². The monoisotopic (exact) mass is 331 g/mol. The van der Waals surface area contributed by atoms with Crippen molar-refractivity contribution in [3.63, 3.8) is 0 Å². The number of nitrogens with zero attached hydrogens (tertiary/aromatic N) is 1.